The van der Waals surface area contributed by atoms with Crippen LogP contribution in [0.15, 0.2) is 28.7 Å². The highest BCUT2D eigenvalue weighted by Gasteiger charge is 2.22. The van der Waals surface area contributed by atoms with Crippen molar-refractivity contribution in [1.29, 1.82) is 0 Å². The van der Waals surface area contributed by atoms with E-state index in [1.165, 1.54) is 0 Å². The number of aliphatic hydroxyl groups excluding tert-OH is 1. The zero-order chi connectivity index (χ0) is 13.7. The molecule has 1 saturated carbocycles. The van der Waals surface area contributed by atoms with Crippen LogP contribution in [0.1, 0.15) is 25.7 Å². The quantitative estimate of drug-likeness (QED) is 0.795. The van der Waals surface area contributed by atoms with E-state index in [1.54, 1.807) is 0 Å². The van der Waals surface area contributed by atoms with E-state index in [4.69, 9.17) is 0 Å². The second-order valence-corrected chi connectivity index (χ2v) is 5.72. The third kappa shape index (κ3) is 4.30. The van der Waals surface area contributed by atoms with Gasteiger partial charge in [-0.05, 0) is 40.9 Å². The number of carbonyl (C=O) groups excluding carboxylic acids is 1. The van der Waals surface area contributed by atoms with Gasteiger partial charge in [-0.2, -0.15) is 0 Å². The van der Waals surface area contributed by atoms with Gasteiger partial charge in [0.25, 0.3) is 0 Å². The fraction of sp³-hybridized carbons (Fsp3) is 0.500. The normalized spacial score (nSPS) is 23.1. The monoisotopic (exact) mass is 326 g/mol. The number of halogens is 1. The molecule has 1 amide bonds. The van der Waals surface area contributed by atoms with Crippen LogP contribution in [0.25, 0.3) is 0 Å². The van der Waals surface area contributed by atoms with E-state index in [0.717, 1.165) is 35.8 Å². The molecular weight excluding hydrogens is 308 g/mol. The molecule has 0 bridgehead atoms. The Balaban J connectivity index is 1.80. The van der Waals surface area contributed by atoms with E-state index in [9.17, 15) is 9.90 Å². The first-order chi connectivity index (χ1) is 9.16. The molecule has 0 saturated heterocycles. The SMILES string of the molecule is O=C(CNC1CCCCC1O)Nc1ccccc1Br. The summed E-state index contributed by atoms with van der Waals surface area (Å²) in [4.78, 5) is 11.8. The molecule has 1 aromatic rings. The van der Waals surface area contributed by atoms with Gasteiger partial charge in [-0.25, -0.2) is 0 Å². The van der Waals surface area contributed by atoms with Gasteiger partial charge in [0.2, 0.25) is 5.91 Å². The Kier molecular flexibility index (Phi) is 5.36. The van der Waals surface area contributed by atoms with E-state index in [0.29, 0.717) is 0 Å². The van der Waals surface area contributed by atoms with E-state index >= 15 is 0 Å². The molecule has 0 radical (unpaired) electrons. The Morgan fingerprint density at radius 1 is 1.32 bits per heavy atom. The van der Waals surface area contributed by atoms with Crippen LogP contribution in [0, 0.1) is 0 Å². The third-order valence-electron chi connectivity index (χ3n) is 3.40. The average Bonchev–Trinajstić information content (AvgIpc) is 2.40. The largest absolute Gasteiger partial charge is 0.392 e. The van der Waals surface area contributed by atoms with E-state index in [-0.39, 0.29) is 24.6 Å². The molecule has 3 N–H and O–H groups in total. The smallest absolute Gasteiger partial charge is 0.238 e. The molecule has 1 aliphatic carbocycles. The number of carbonyl (C=O) groups is 1. The first kappa shape index (κ1) is 14.5. The van der Waals surface area contributed by atoms with Crippen LogP contribution in [0.4, 0.5) is 5.69 Å². The Labute approximate surface area is 121 Å². The van der Waals surface area contributed by atoms with Crippen LogP contribution < -0.4 is 10.6 Å². The molecule has 2 rings (SSSR count). The van der Waals surface area contributed by atoms with Crippen molar-refractivity contribution in [2.24, 2.45) is 0 Å². The summed E-state index contributed by atoms with van der Waals surface area (Å²) >= 11 is 3.39. The number of para-hydroxylation sites is 1. The number of benzene rings is 1. The molecule has 1 aliphatic rings. The zero-order valence-electron chi connectivity index (χ0n) is 10.7. The van der Waals surface area contributed by atoms with Gasteiger partial charge < -0.3 is 15.7 Å². The van der Waals surface area contributed by atoms with Gasteiger partial charge in [0.1, 0.15) is 0 Å². The topological polar surface area (TPSA) is 61.4 Å². The maximum Gasteiger partial charge on any atom is 0.238 e. The minimum Gasteiger partial charge on any atom is -0.392 e. The minimum atomic E-state index is -0.329. The summed E-state index contributed by atoms with van der Waals surface area (Å²) in [6.07, 6.45) is 3.61. The predicted octanol–water partition coefficient (Wildman–Crippen LogP) is 2.28. The van der Waals surface area contributed by atoms with Crippen molar-refractivity contribution in [2.75, 3.05) is 11.9 Å². The number of hydrogen-bond acceptors (Lipinski definition) is 3. The Bertz CT molecular complexity index is 439. The lowest BCUT2D eigenvalue weighted by Gasteiger charge is -2.28. The molecule has 2 atom stereocenters. The predicted molar refractivity (Wildman–Crippen MR) is 79.0 cm³/mol. The second-order valence-electron chi connectivity index (χ2n) is 4.87. The Morgan fingerprint density at radius 3 is 2.79 bits per heavy atom. The molecule has 1 fully saturated rings. The number of amides is 1. The van der Waals surface area contributed by atoms with E-state index < -0.39 is 0 Å². The van der Waals surface area contributed by atoms with Crippen molar-refractivity contribution >= 4 is 27.5 Å². The number of hydrogen-bond donors (Lipinski definition) is 3. The van der Waals surface area contributed by atoms with E-state index in [2.05, 4.69) is 26.6 Å². The molecule has 5 heteroatoms. The van der Waals surface area contributed by atoms with Crippen molar-refractivity contribution in [1.82, 2.24) is 5.32 Å². The van der Waals surface area contributed by atoms with Gasteiger partial charge in [0.15, 0.2) is 0 Å². The third-order valence-corrected chi connectivity index (χ3v) is 4.09. The highest BCUT2D eigenvalue weighted by atomic mass is 79.9. The highest BCUT2D eigenvalue weighted by Crippen LogP contribution is 2.21. The van der Waals surface area contributed by atoms with Crippen LogP contribution >= 0.6 is 15.9 Å². The number of anilines is 1. The molecule has 2 unspecified atom stereocenters. The summed E-state index contributed by atoms with van der Waals surface area (Å²) in [7, 11) is 0. The van der Waals surface area contributed by atoms with Gasteiger partial charge in [0.05, 0.1) is 18.3 Å². The van der Waals surface area contributed by atoms with Crippen molar-refractivity contribution < 1.29 is 9.90 Å². The van der Waals surface area contributed by atoms with E-state index in [1.807, 2.05) is 24.3 Å². The number of rotatable bonds is 4. The molecule has 0 aromatic heterocycles. The lowest BCUT2D eigenvalue weighted by Crippen LogP contribution is -2.45. The average molecular weight is 327 g/mol. The van der Waals surface area contributed by atoms with Crippen molar-refractivity contribution in [3.63, 3.8) is 0 Å². The molecule has 0 aliphatic heterocycles. The molecule has 4 nitrogen and oxygen atoms in total. The standard InChI is InChI=1S/C14H19BrN2O2/c15-10-5-1-2-6-11(10)17-14(19)9-16-12-7-3-4-8-13(12)18/h1-2,5-6,12-13,16,18H,3-4,7-9H2,(H,17,19). The van der Waals surface area contributed by atoms with Gasteiger partial charge in [-0.1, -0.05) is 25.0 Å². The van der Waals surface area contributed by atoms with Crippen LogP contribution in [0.3, 0.4) is 0 Å². The Morgan fingerprint density at radius 2 is 2.05 bits per heavy atom. The first-order valence-electron chi connectivity index (χ1n) is 6.62. The molecular formula is C14H19BrN2O2. The van der Waals surface area contributed by atoms with Gasteiger partial charge in [-0.3, -0.25) is 4.79 Å². The molecule has 1 aromatic carbocycles. The summed E-state index contributed by atoms with van der Waals surface area (Å²) in [6, 6.07) is 7.54. The van der Waals surface area contributed by atoms with Gasteiger partial charge in [0, 0.05) is 10.5 Å². The maximum absolute atomic E-state index is 11.8. The second kappa shape index (κ2) is 7.03. The van der Waals surface area contributed by atoms with Gasteiger partial charge >= 0.3 is 0 Å². The Hall–Kier alpha value is -0.910. The summed E-state index contributed by atoms with van der Waals surface area (Å²) in [5, 5.41) is 15.8. The lowest BCUT2D eigenvalue weighted by atomic mass is 9.93. The molecule has 0 spiro atoms. The van der Waals surface area contributed by atoms with Gasteiger partial charge in [-0.15, -0.1) is 0 Å². The van der Waals surface area contributed by atoms with Crippen molar-refractivity contribution in [2.45, 2.75) is 37.8 Å². The number of aliphatic hydroxyl groups is 1. The zero-order valence-corrected chi connectivity index (χ0v) is 12.3. The molecule has 104 valence electrons. The van der Waals surface area contributed by atoms with Crippen LogP contribution in [0.5, 0.6) is 0 Å². The summed E-state index contributed by atoms with van der Waals surface area (Å²) in [6.45, 7) is 0.225. The highest BCUT2D eigenvalue weighted by molar-refractivity contribution is 9.10. The lowest BCUT2D eigenvalue weighted by molar-refractivity contribution is -0.115. The number of nitrogens with one attached hydrogen (secondary N) is 2. The fourth-order valence-electron chi connectivity index (χ4n) is 2.33. The summed E-state index contributed by atoms with van der Waals surface area (Å²) < 4.78 is 0.862. The van der Waals surface area contributed by atoms with Crippen LogP contribution in [-0.2, 0) is 4.79 Å². The minimum absolute atomic E-state index is 0.0405. The molecule has 19 heavy (non-hydrogen) atoms. The first-order valence-corrected chi connectivity index (χ1v) is 7.42. The van der Waals surface area contributed by atoms with Crippen LogP contribution in [0.2, 0.25) is 0 Å². The molecule has 0 heterocycles. The van der Waals surface area contributed by atoms with Crippen molar-refractivity contribution in [3.8, 4) is 0 Å². The fourth-order valence-corrected chi connectivity index (χ4v) is 2.71. The van der Waals surface area contributed by atoms with Crippen LogP contribution in [-0.4, -0.2) is 29.7 Å². The summed E-state index contributed by atoms with van der Waals surface area (Å²) in [5.41, 5.74) is 0.762. The summed E-state index contributed by atoms with van der Waals surface area (Å²) in [5.74, 6) is -0.0929. The van der Waals surface area contributed by atoms with Crippen molar-refractivity contribution in [3.05, 3.63) is 28.7 Å². The maximum atomic E-state index is 11.8.